The summed E-state index contributed by atoms with van der Waals surface area (Å²) in [7, 11) is -1.96. The Morgan fingerprint density at radius 3 is 2.35 bits per heavy atom. The quantitative estimate of drug-likeness (QED) is 0.612. The largest absolute Gasteiger partial charge is 0.382 e. The highest BCUT2D eigenvalue weighted by Crippen LogP contribution is 2.11. The predicted molar refractivity (Wildman–Crippen MR) is 86.9 cm³/mol. The van der Waals surface area contributed by atoms with Crippen LogP contribution >= 0.6 is 0 Å². The van der Waals surface area contributed by atoms with Crippen molar-refractivity contribution in [2.24, 2.45) is 0 Å². The van der Waals surface area contributed by atoms with Crippen LogP contribution in [0.2, 0.25) is 0 Å². The van der Waals surface area contributed by atoms with Crippen LogP contribution in [-0.2, 0) is 19.5 Å². The number of carbonyl (C=O) groups excluding carboxylic acids is 1. The smallest absolute Gasteiger partial charge is 0.251 e. The summed E-state index contributed by atoms with van der Waals surface area (Å²) in [6.45, 7) is 5.23. The van der Waals surface area contributed by atoms with E-state index in [4.69, 9.17) is 9.47 Å². The van der Waals surface area contributed by atoms with Crippen molar-refractivity contribution >= 4 is 15.9 Å². The minimum Gasteiger partial charge on any atom is -0.382 e. The third kappa shape index (κ3) is 7.08. The molecule has 0 aliphatic carbocycles. The van der Waals surface area contributed by atoms with E-state index in [1.807, 2.05) is 0 Å². The van der Waals surface area contributed by atoms with Gasteiger partial charge < -0.3 is 14.8 Å². The highest BCUT2D eigenvalue weighted by molar-refractivity contribution is 7.89. The van der Waals surface area contributed by atoms with Crippen LogP contribution in [-0.4, -0.2) is 53.8 Å². The zero-order valence-corrected chi connectivity index (χ0v) is 14.5. The normalized spacial score (nSPS) is 11.7. The van der Waals surface area contributed by atoms with Gasteiger partial charge in [0.25, 0.3) is 5.91 Å². The summed E-state index contributed by atoms with van der Waals surface area (Å²) in [6, 6.07) is 5.59. The van der Waals surface area contributed by atoms with Crippen molar-refractivity contribution in [2.45, 2.75) is 24.8 Å². The van der Waals surface area contributed by atoms with Crippen molar-refractivity contribution in [3.63, 3.8) is 0 Å². The van der Waals surface area contributed by atoms with E-state index in [0.717, 1.165) is 0 Å². The molecule has 0 aliphatic heterocycles. The highest BCUT2D eigenvalue weighted by Gasteiger charge is 2.15. The van der Waals surface area contributed by atoms with Crippen LogP contribution in [0, 0.1) is 0 Å². The Hall–Kier alpha value is -1.48. The molecular formula is C15H24N2O5S. The molecule has 0 unspecified atom stereocenters. The zero-order valence-electron chi connectivity index (χ0n) is 13.7. The molecule has 7 nitrogen and oxygen atoms in total. The first-order chi connectivity index (χ1) is 10.9. The number of rotatable bonds is 10. The van der Waals surface area contributed by atoms with Crippen LogP contribution in [0.4, 0.5) is 0 Å². The molecule has 8 heteroatoms. The average Bonchev–Trinajstić information content (AvgIpc) is 2.49. The molecule has 0 bridgehead atoms. The first-order valence-corrected chi connectivity index (χ1v) is 8.82. The summed E-state index contributed by atoms with van der Waals surface area (Å²) in [5, 5.41) is 2.70. The topological polar surface area (TPSA) is 93.7 Å². The van der Waals surface area contributed by atoms with Crippen LogP contribution in [0.3, 0.4) is 0 Å². The van der Waals surface area contributed by atoms with E-state index in [1.165, 1.54) is 24.3 Å². The molecule has 0 spiro atoms. The van der Waals surface area contributed by atoms with E-state index in [9.17, 15) is 13.2 Å². The summed E-state index contributed by atoms with van der Waals surface area (Å²) in [5.74, 6) is -0.277. The molecule has 0 atom stereocenters. The lowest BCUT2D eigenvalue weighted by molar-refractivity contribution is 0.0692. The summed E-state index contributed by atoms with van der Waals surface area (Å²) in [5.41, 5.74) is 0.394. The SMILES string of the molecule is COCCOCCNC(=O)c1ccc(S(=O)(=O)NC(C)C)cc1. The monoisotopic (exact) mass is 344 g/mol. The summed E-state index contributed by atoms with van der Waals surface area (Å²) >= 11 is 0. The summed E-state index contributed by atoms with van der Waals surface area (Å²) < 4.78 is 36.5. The van der Waals surface area contributed by atoms with Crippen molar-refractivity contribution in [1.82, 2.24) is 10.0 Å². The molecule has 130 valence electrons. The number of hydrogen-bond acceptors (Lipinski definition) is 5. The number of nitrogens with one attached hydrogen (secondary N) is 2. The van der Waals surface area contributed by atoms with E-state index in [2.05, 4.69) is 10.0 Å². The number of methoxy groups -OCH3 is 1. The molecule has 1 rings (SSSR count). The molecule has 0 fully saturated rings. The third-order valence-corrected chi connectivity index (χ3v) is 4.46. The molecule has 1 aromatic carbocycles. The lowest BCUT2D eigenvalue weighted by Crippen LogP contribution is -2.30. The van der Waals surface area contributed by atoms with Gasteiger partial charge in [-0.25, -0.2) is 13.1 Å². The van der Waals surface area contributed by atoms with Gasteiger partial charge in [0, 0.05) is 25.3 Å². The third-order valence-electron chi connectivity index (χ3n) is 2.78. The fraction of sp³-hybridized carbons (Fsp3) is 0.533. The van der Waals surface area contributed by atoms with E-state index in [0.29, 0.717) is 31.9 Å². The van der Waals surface area contributed by atoms with Crippen LogP contribution in [0.15, 0.2) is 29.2 Å². The van der Waals surface area contributed by atoms with Crippen LogP contribution in [0.1, 0.15) is 24.2 Å². The van der Waals surface area contributed by atoms with E-state index in [1.54, 1.807) is 21.0 Å². The number of hydrogen-bond donors (Lipinski definition) is 2. The van der Waals surface area contributed by atoms with Gasteiger partial charge >= 0.3 is 0 Å². The van der Waals surface area contributed by atoms with Gasteiger partial charge in [0.15, 0.2) is 0 Å². The maximum absolute atomic E-state index is 12.0. The maximum atomic E-state index is 12.0. The molecule has 23 heavy (non-hydrogen) atoms. The molecule has 1 aromatic rings. The molecule has 0 saturated heterocycles. The van der Waals surface area contributed by atoms with Crippen LogP contribution in [0.25, 0.3) is 0 Å². The van der Waals surface area contributed by atoms with Gasteiger partial charge in [0.2, 0.25) is 10.0 Å². The minimum absolute atomic E-state index is 0.130. The van der Waals surface area contributed by atoms with Gasteiger partial charge in [-0.15, -0.1) is 0 Å². The Morgan fingerprint density at radius 2 is 1.78 bits per heavy atom. The molecule has 0 saturated carbocycles. The number of ether oxygens (including phenoxy) is 2. The molecule has 0 heterocycles. The number of benzene rings is 1. The second-order valence-electron chi connectivity index (χ2n) is 5.16. The first-order valence-electron chi connectivity index (χ1n) is 7.34. The zero-order chi connectivity index (χ0) is 17.3. The fourth-order valence-corrected chi connectivity index (χ4v) is 3.00. The lowest BCUT2D eigenvalue weighted by Gasteiger charge is -2.10. The second-order valence-corrected chi connectivity index (χ2v) is 6.88. The van der Waals surface area contributed by atoms with Crippen molar-refractivity contribution in [3.05, 3.63) is 29.8 Å². The molecule has 0 aliphatic rings. The Morgan fingerprint density at radius 1 is 1.13 bits per heavy atom. The van der Waals surface area contributed by atoms with E-state index < -0.39 is 10.0 Å². The van der Waals surface area contributed by atoms with Crippen molar-refractivity contribution in [3.8, 4) is 0 Å². The van der Waals surface area contributed by atoms with Gasteiger partial charge in [-0.1, -0.05) is 0 Å². The van der Waals surface area contributed by atoms with Crippen LogP contribution < -0.4 is 10.0 Å². The van der Waals surface area contributed by atoms with Gasteiger partial charge in [-0.3, -0.25) is 4.79 Å². The predicted octanol–water partition coefficient (Wildman–Crippen LogP) is 0.766. The van der Waals surface area contributed by atoms with Crippen molar-refractivity contribution < 1.29 is 22.7 Å². The Balaban J connectivity index is 2.51. The molecule has 0 aromatic heterocycles. The van der Waals surface area contributed by atoms with E-state index in [-0.39, 0.29) is 16.8 Å². The van der Waals surface area contributed by atoms with Crippen molar-refractivity contribution in [1.29, 1.82) is 0 Å². The van der Waals surface area contributed by atoms with E-state index >= 15 is 0 Å². The Bertz CT molecular complexity index is 584. The highest BCUT2D eigenvalue weighted by atomic mass is 32.2. The summed E-state index contributed by atoms with van der Waals surface area (Å²) in [6.07, 6.45) is 0. The molecular weight excluding hydrogens is 320 g/mol. The van der Waals surface area contributed by atoms with Gasteiger partial charge in [-0.2, -0.15) is 0 Å². The second kappa shape index (κ2) is 9.61. The first kappa shape index (κ1) is 19.6. The van der Waals surface area contributed by atoms with Gasteiger partial charge in [0.1, 0.15) is 0 Å². The molecule has 1 amide bonds. The van der Waals surface area contributed by atoms with Gasteiger partial charge in [0.05, 0.1) is 24.7 Å². The molecule has 0 radical (unpaired) electrons. The number of amides is 1. The van der Waals surface area contributed by atoms with Crippen LogP contribution in [0.5, 0.6) is 0 Å². The Labute approximate surface area is 137 Å². The lowest BCUT2D eigenvalue weighted by atomic mass is 10.2. The number of carbonyl (C=O) groups is 1. The number of sulfonamides is 1. The standard InChI is InChI=1S/C15H24N2O5S/c1-12(2)17-23(19,20)14-6-4-13(5-7-14)15(18)16-8-9-22-11-10-21-3/h4-7,12,17H,8-11H2,1-3H3,(H,16,18). The Kier molecular flexibility index (Phi) is 8.18. The summed E-state index contributed by atoms with van der Waals surface area (Å²) in [4.78, 5) is 12.0. The molecule has 2 N–H and O–H groups in total. The van der Waals surface area contributed by atoms with Gasteiger partial charge in [-0.05, 0) is 38.1 Å². The average molecular weight is 344 g/mol. The van der Waals surface area contributed by atoms with Crippen molar-refractivity contribution in [2.75, 3.05) is 33.5 Å². The maximum Gasteiger partial charge on any atom is 0.251 e. The fourth-order valence-electron chi connectivity index (χ4n) is 1.75. The minimum atomic E-state index is -3.55.